The summed E-state index contributed by atoms with van der Waals surface area (Å²) in [6.07, 6.45) is 0.824. The second kappa shape index (κ2) is 10.2. The predicted molar refractivity (Wildman–Crippen MR) is 140 cm³/mol. The minimum Gasteiger partial charge on any atom is -0.466 e. The van der Waals surface area contributed by atoms with Crippen molar-refractivity contribution in [2.24, 2.45) is 17.8 Å². The summed E-state index contributed by atoms with van der Waals surface area (Å²) in [6, 6.07) is 17.5. The highest BCUT2D eigenvalue weighted by molar-refractivity contribution is 5.98. The van der Waals surface area contributed by atoms with Crippen LogP contribution in [-0.4, -0.2) is 64.3 Å². The maximum absolute atomic E-state index is 14.3. The second-order valence-corrected chi connectivity index (χ2v) is 10.9. The number of esters is 1. The lowest BCUT2D eigenvalue weighted by atomic mass is 9.62. The number of likely N-dealkylation sites (tertiary alicyclic amines) is 1. The molecule has 3 aliphatic rings. The monoisotopic (exact) mass is 520 g/mol. The topological polar surface area (TPSA) is 105 Å². The van der Waals surface area contributed by atoms with Gasteiger partial charge in [0.2, 0.25) is 11.8 Å². The van der Waals surface area contributed by atoms with Gasteiger partial charge in [0, 0.05) is 6.54 Å². The van der Waals surface area contributed by atoms with Crippen LogP contribution in [0.1, 0.15) is 38.3 Å². The van der Waals surface area contributed by atoms with E-state index in [9.17, 15) is 19.5 Å². The van der Waals surface area contributed by atoms with Crippen LogP contribution >= 0.6 is 0 Å². The van der Waals surface area contributed by atoms with Crippen LogP contribution < -0.4 is 5.32 Å². The number of aliphatic hydroxyl groups excluding tert-OH is 1. The standard InChI is InChI=1S/C30H36N2O6/c1-4-37-28(36)24-23-27(35)32(22(18-33)15-20-11-7-5-8-12-20)25(30(23)16-19(2)29(24,3)38-30)26(34)31-17-21-13-9-6-10-14-21/h5-14,19,22-25,33H,4,15-18H2,1-3H3,(H,31,34)/t19?,22-,23+,24+,25?,29-,30?/m1/s1. The maximum Gasteiger partial charge on any atom is 0.312 e. The van der Waals surface area contributed by atoms with Crippen LogP contribution in [0.2, 0.25) is 0 Å². The molecule has 8 heteroatoms. The predicted octanol–water partition coefficient (Wildman–Crippen LogP) is 2.48. The van der Waals surface area contributed by atoms with Crippen molar-refractivity contribution in [3.05, 3.63) is 71.8 Å². The lowest BCUT2D eigenvalue weighted by Crippen LogP contribution is -2.58. The van der Waals surface area contributed by atoms with E-state index >= 15 is 0 Å². The molecule has 3 heterocycles. The van der Waals surface area contributed by atoms with E-state index in [-0.39, 0.29) is 37.5 Å². The fraction of sp³-hybridized carbons (Fsp3) is 0.500. The first kappa shape index (κ1) is 26.4. The molecule has 8 nitrogen and oxygen atoms in total. The Morgan fingerprint density at radius 1 is 1.13 bits per heavy atom. The molecule has 0 aromatic heterocycles. The van der Waals surface area contributed by atoms with Gasteiger partial charge in [0.1, 0.15) is 17.6 Å². The molecule has 2 amide bonds. The molecule has 0 saturated carbocycles. The summed E-state index contributed by atoms with van der Waals surface area (Å²) in [7, 11) is 0. The molecule has 0 aliphatic carbocycles. The van der Waals surface area contributed by atoms with Gasteiger partial charge in [-0.1, -0.05) is 67.6 Å². The van der Waals surface area contributed by atoms with E-state index in [0.29, 0.717) is 12.8 Å². The van der Waals surface area contributed by atoms with Crippen molar-refractivity contribution in [2.75, 3.05) is 13.2 Å². The van der Waals surface area contributed by atoms with Gasteiger partial charge in [-0.3, -0.25) is 14.4 Å². The maximum atomic E-state index is 14.3. The van der Waals surface area contributed by atoms with Gasteiger partial charge in [0.25, 0.3) is 0 Å². The molecule has 2 N–H and O–H groups in total. The third-order valence-electron chi connectivity index (χ3n) is 8.77. The first-order valence-corrected chi connectivity index (χ1v) is 13.4. The van der Waals surface area contributed by atoms with Crippen molar-refractivity contribution >= 4 is 17.8 Å². The van der Waals surface area contributed by atoms with Crippen LogP contribution in [0.5, 0.6) is 0 Å². The molecule has 38 heavy (non-hydrogen) atoms. The summed E-state index contributed by atoms with van der Waals surface area (Å²) in [5.41, 5.74) is -0.252. The zero-order valence-electron chi connectivity index (χ0n) is 22.1. The quantitative estimate of drug-likeness (QED) is 0.493. The molecule has 2 aromatic rings. The molecule has 3 fully saturated rings. The molecule has 1 spiro atoms. The molecule has 2 aromatic carbocycles. The summed E-state index contributed by atoms with van der Waals surface area (Å²) in [5, 5.41) is 13.5. The lowest BCUT2D eigenvalue weighted by Gasteiger charge is -2.37. The van der Waals surface area contributed by atoms with Crippen LogP contribution in [0.3, 0.4) is 0 Å². The SMILES string of the molecule is CCOC(=O)[C@@H]1[C@H]2C(=O)N([C@@H](CO)Cc3ccccc3)C(C(=O)NCc3ccccc3)C23CC(C)[C@@]1(C)O3. The van der Waals surface area contributed by atoms with Crippen LogP contribution in [-0.2, 0) is 36.8 Å². The smallest absolute Gasteiger partial charge is 0.312 e. The van der Waals surface area contributed by atoms with E-state index in [1.807, 2.05) is 74.5 Å². The molecular weight excluding hydrogens is 484 g/mol. The molecule has 3 unspecified atom stereocenters. The van der Waals surface area contributed by atoms with E-state index in [2.05, 4.69) is 5.32 Å². The van der Waals surface area contributed by atoms with Gasteiger partial charge in [-0.25, -0.2) is 0 Å². The number of carbonyl (C=O) groups is 3. The van der Waals surface area contributed by atoms with Gasteiger partial charge in [0.15, 0.2) is 0 Å². The van der Waals surface area contributed by atoms with Crippen LogP contribution in [0.15, 0.2) is 60.7 Å². The minimum absolute atomic E-state index is 0.0768. The molecule has 202 valence electrons. The molecule has 2 bridgehead atoms. The molecule has 7 atom stereocenters. The van der Waals surface area contributed by atoms with E-state index in [1.54, 1.807) is 6.92 Å². The average molecular weight is 521 g/mol. The van der Waals surface area contributed by atoms with Crippen molar-refractivity contribution in [3.63, 3.8) is 0 Å². The van der Waals surface area contributed by atoms with E-state index in [1.165, 1.54) is 4.90 Å². The Kier molecular flexibility index (Phi) is 7.05. The number of aliphatic hydroxyl groups is 1. The highest BCUT2D eigenvalue weighted by atomic mass is 16.6. The lowest BCUT2D eigenvalue weighted by molar-refractivity contribution is -0.162. The number of hydrogen-bond donors (Lipinski definition) is 2. The van der Waals surface area contributed by atoms with Gasteiger partial charge in [0.05, 0.1) is 30.8 Å². The first-order chi connectivity index (χ1) is 18.3. The number of fused-ring (bicyclic) bond motifs is 1. The number of rotatable bonds is 9. The van der Waals surface area contributed by atoms with E-state index in [4.69, 9.17) is 9.47 Å². The Morgan fingerprint density at radius 3 is 2.37 bits per heavy atom. The average Bonchev–Trinajstić information content (AvgIpc) is 3.44. The second-order valence-electron chi connectivity index (χ2n) is 10.9. The number of nitrogens with one attached hydrogen (secondary N) is 1. The summed E-state index contributed by atoms with van der Waals surface area (Å²) in [5.74, 6) is -2.93. The van der Waals surface area contributed by atoms with Gasteiger partial charge >= 0.3 is 5.97 Å². The molecule has 5 rings (SSSR count). The third kappa shape index (κ3) is 4.10. The molecular formula is C30H36N2O6. The van der Waals surface area contributed by atoms with Crippen molar-refractivity contribution in [1.29, 1.82) is 0 Å². The minimum atomic E-state index is -1.19. The van der Waals surface area contributed by atoms with Gasteiger partial charge in [-0.15, -0.1) is 0 Å². The van der Waals surface area contributed by atoms with E-state index < -0.39 is 41.1 Å². The van der Waals surface area contributed by atoms with Gasteiger partial charge in [-0.2, -0.15) is 0 Å². The van der Waals surface area contributed by atoms with Gasteiger partial charge < -0.3 is 24.8 Å². The Balaban J connectivity index is 1.55. The normalized spacial score (nSPS) is 32.2. The Bertz CT molecular complexity index is 1190. The summed E-state index contributed by atoms with van der Waals surface area (Å²) in [6.45, 7) is 5.73. The summed E-state index contributed by atoms with van der Waals surface area (Å²) in [4.78, 5) is 43.0. The Labute approximate surface area is 223 Å². The van der Waals surface area contributed by atoms with Crippen LogP contribution in [0.25, 0.3) is 0 Å². The van der Waals surface area contributed by atoms with Crippen LogP contribution in [0, 0.1) is 17.8 Å². The van der Waals surface area contributed by atoms with Crippen molar-refractivity contribution in [3.8, 4) is 0 Å². The Hall–Kier alpha value is -3.23. The highest BCUT2D eigenvalue weighted by Crippen LogP contribution is 2.65. The zero-order valence-corrected chi connectivity index (χ0v) is 22.1. The number of carbonyl (C=O) groups excluding carboxylic acids is 3. The first-order valence-electron chi connectivity index (χ1n) is 13.4. The van der Waals surface area contributed by atoms with Crippen LogP contribution in [0.4, 0.5) is 0 Å². The van der Waals surface area contributed by atoms with Crippen molar-refractivity contribution in [2.45, 2.75) is 63.4 Å². The Morgan fingerprint density at radius 2 is 1.76 bits per heavy atom. The third-order valence-corrected chi connectivity index (χ3v) is 8.77. The van der Waals surface area contributed by atoms with Crippen molar-refractivity contribution in [1.82, 2.24) is 10.2 Å². The highest BCUT2D eigenvalue weighted by Gasteiger charge is 2.80. The summed E-state index contributed by atoms with van der Waals surface area (Å²) < 4.78 is 12.1. The largest absolute Gasteiger partial charge is 0.466 e. The number of benzene rings is 2. The zero-order chi connectivity index (χ0) is 27.1. The fourth-order valence-electron chi connectivity index (χ4n) is 6.98. The molecule has 0 radical (unpaired) electrons. The number of amides is 2. The van der Waals surface area contributed by atoms with E-state index in [0.717, 1.165) is 11.1 Å². The number of ether oxygens (including phenoxy) is 2. The van der Waals surface area contributed by atoms with Gasteiger partial charge in [-0.05, 0) is 43.7 Å². The fourth-order valence-corrected chi connectivity index (χ4v) is 6.98. The number of nitrogens with zero attached hydrogens (tertiary/aromatic N) is 1. The molecule has 3 saturated heterocycles. The number of hydrogen-bond acceptors (Lipinski definition) is 6. The summed E-state index contributed by atoms with van der Waals surface area (Å²) >= 11 is 0. The van der Waals surface area contributed by atoms with Crippen molar-refractivity contribution < 1.29 is 29.0 Å². The molecule has 3 aliphatic heterocycles.